The molecule has 1 heterocycles. The molecule has 5 heteroatoms. The summed E-state index contributed by atoms with van der Waals surface area (Å²) in [4.78, 5) is 11.4. The number of carboxylic acid groups (broad SMARTS) is 1. The van der Waals surface area contributed by atoms with Crippen LogP contribution >= 0.6 is 0 Å². The molecule has 120 valence electrons. The minimum atomic E-state index is -0.979. The highest BCUT2D eigenvalue weighted by Gasteiger charge is 2.15. The van der Waals surface area contributed by atoms with E-state index in [1.165, 1.54) is 0 Å². The van der Waals surface area contributed by atoms with Gasteiger partial charge in [-0.3, -0.25) is 0 Å². The SMILES string of the molecule is CCCCOc1cc(C(=O)O)cc(-c2ccc3c(c2)OCO3)c1. The first kappa shape index (κ1) is 15.2. The second kappa shape index (κ2) is 6.60. The van der Waals surface area contributed by atoms with Crippen molar-refractivity contribution < 1.29 is 24.1 Å². The second-order valence-electron chi connectivity index (χ2n) is 5.32. The van der Waals surface area contributed by atoms with E-state index >= 15 is 0 Å². The van der Waals surface area contributed by atoms with Gasteiger partial charge in [-0.15, -0.1) is 0 Å². The van der Waals surface area contributed by atoms with Gasteiger partial charge in [0.2, 0.25) is 6.79 Å². The first-order valence-electron chi connectivity index (χ1n) is 7.58. The fourth-order valence-electron chi connectivity index (χ4n) is 2.38. The fraction of sp³-hybridized carbons (Fsp3) is 0.278. The smallest absolute Gasteiger partial charge is 0.335 e. The van der Waals surface area contributed by atoms with Gasteiger partial charge in [-0.2, -0.15) is 0 Å². The molecule has 2 aromatic carbocycles. The predicted octanol–water partition coefficient (Wildman–Crippen LogP) is 3.96. The van der Waals surface area contributed by atoms with Gasteiger partial charge in [-0.1, -0.05) is 19.4 Å². The molecule has 0 fully saturated rings. The predicted molar refractivity (Wildman–Crippen MR) is 85.4 cm³/mol. The minimum Gasteiger partial charge on any atom is -0.494 e. The van der Waals surface area contributed by atoms with E-state index in [9.17, 15) is 9.90 Å². The molecule has 0 amide bonds. The van der Waals surface area contributed by atoms with Crippen LogP contribution in [0.1, 0.15) is 30.1 Å². The maximum atomic E-state index is 11.4. The summed E-state index contributed by atoms with van der Waals surface area (Å²) in [6.07, 6.45) is 1.95. The normalized spacial score (nSPS) is 12.2. The van der Waals surface area contributed by atoms with E-state index in [0.29, 0.717) is 23.9 Å². The van der Waals surface area contributed by atoms with Crippen molar-refractivity contribution in [3.63, 3.8) is 0 Å². The van der Waals surface area contributed by atoms with E-state index < -0.39 is 5.97 Å². The number of unbranched alkanes of at least 4 members (excludes halogenated alkanes) is 1. The number of carbonyl (C=O) groups is 1. The zero-order valence-electron chi connectivity index (χ0n) is 12.9. The van der Waals surface area contributed by atoms with Crippen molar-refractivity contribution in [1.82, 2.24) is 0 Å². The third-order valence-corrected chi connectivity index (χ3v) is 3.63. The standard InChI is InChI=1S/C18H18O5/c1-2-3-6-21-15-8-13(7-14(9-15)18(19)20)12-4-5-16-17(10-12)23-11-22-16/h4-5,7-10H,2-3,6,11H2,1H3,(H,19,20). The number of rotatable bonds is 6. The largest absolute Gasteiger partial charge is 0.494 e. The summed E-state index contributed by atoms with van der Waals surface area (Å²) in [5.74, 6) is 0.943. The molecule has 3 rings (SSSR count). The Balaban J connectivity index is 1.95. The van der Waals surface area contributed by atoms with Crippen LogP contribution in [0.25, 0.3) is 11.1 Å². The summed E-state index contributed by atoms with van der Waals surface area (Å²) in [7, 11) is 0. The van der Waals surface area contributed by atoms with Crippen LogP contribution < -0.4 is 14.2 Å². The maximum absolute atomic E-state index is 11.4. The van der Waals surface area contributed by atoms with Crippen LogP contribution in [0.4, 0.5) is 0 Å². The molecule has 23 heavy (non-hydrogen) atoms. The molecule has 0 atom stereocenters. The molecule has 0 spiro atoms. The van der Waals surface area contributed by atoms with Gasteiger partial charge < -0.3 is 19.3 Å². The molecule has 2 aromatic rings. The van der Waals surface area contributed by atoms with E-state index in [1.807, 2.05) is 24.3 Å². The van der Waals surface area contributed by atoms with E-state index in [-0.39, 0.29) is 12.4 Å². The van der Waals surface area contributed by atoms with Crippen LogP contribution in [-0.2, 0) is 0 Å². The van der Waals surface area contributed by atoms with E-state index in [1.54, 1.807) is 12.1 Å². The Kier molecular flexibility index (Phi) is 4.37. The van der Waals surface area contributed by atoms with Gasteiger partial charge in [0, 0.05) is 0 Å². The lowest BCUT2D eigenvalue weighted by molar-refractivity contribution is 0.0696. The van der Waals surface area contributed by atoms with Crippen LogP contribution in [0.5, 0.6) is 17.2 Å². The van der Waals surface area contributed by atoms with Crippen LogP contribution in [0, 0.1) is 0 Å². The van der Waals surface area contributed by atoms with Crippen molar-refractivity contribution in [1.29, 1.82) is 0 Å². The Bertz CT molecular complexity index is 723. The van der Waals surface area contributed by atoms with E-state index in [4.69, 9.17) is 14.2 Å². The number of carboxylic acids is 1. The maximum Gasteiger partial charge on any atom is 0.335 e. The van der Waals surface area contributed by atoms with E-state index in [2.05, 4.69) is 6.92 Å². The highest BCUT2D eigenvalue weighted by Crippen LogP contribution is 2.37. The molecular weight excluding hydrogens is 296 g/mol. The summed E-state index contributed by atoms with van der Waals surface area (Å²) < 4.78 is 16.4. The van der Waals surface area contributed by atoms with Gasteiger partial charge in [0.25, 0.3) is 0 Å². The van der Waals surface area contributed by atoms with Crippen molar-refractivity contribution in [3.05, 3.63) is 42.0 Å². The molecule has 0 unspecified atom stereocenters. The molecule has 0 aromatic heterocycles. The number of fused-ring (bicyclic) bond motifs is 1. The third-order valence-electron chi connectivity index (χ3n) is 3.63. The van der Waals surface area contributed by atoms with Crippen LogP contribution in [0.2, 0.25) is 0 Å². The Morgan fingerprint density at radius 1 is 1.13 bits per heavy atom. The molecular formula is C18H18O5. The van der Waals surface area contributed by atoms with Gasteiger partial charge in [0.15, 0.2) is 11.5 Å². The van der Waals surface area contributed by atoms with Gasteiger partial charge in [-0.05, 0) is 47.9 Å². The zero-order valence-corrected chi connectivity index (χ0v) is 12.9. The third kappa shape index (κ3) is 3.39. The average molecular weight is 314 g/mol. The highest BCUT2D eigenvalue weighted by molar-refractivity contribution is 5.90. The molecule has 0 radical (unpaired) electrons. The van der Waals surface area contributed by atoms with Crippen molar-refractivity contribution in [2.24, 2.45) is 0 Å². The van der Waals surface area contributed by atoms with Crippen molar-refractivity contribution in [3.8, 4) is 28.4 Å². The Morgan fingerprint density at radius 2 is 1.96 bits per heavy atom. The lowest BCUT2D eigenvalue weighted by Gasteiger charge is -2.10. The number of aromatic carboxylic acids is 1. The van der Waals surface area contributed by atoms with Gasteiger partial charge in [0.05, 0.1) is 12.2 Å². The van der Waals surface area contributed by atoms with Gasteiger partial charge >= 0.3 is 5.97 Å². The topological polar surface area (TPSA) is 65.0 Å². The van der Waals surface area contributed by atoms with Crippen LogP contribution in [0.3, 0.4) is 0 Å². The summed E-state index contributed by atoms with van der Waals surface area (Å²) in [6.45, 7) is 2.86. The van der Waals surface area contributed by atoms with Crippen molar-refractivity contribution in [2.75, 3.05) is 13.4 Å². The second-order valence-corrected chi connectivity index (χ2v) is 5.32. The molecule has 0 saturated heterocycles. The highest BCUT2D eigenvalue weighted by atomic mass is 16.7. The number of hydrogen-bond acceptors (Lipinski definition) is 4. The van der Waals surface area contributed by atoms with Crippen LogP contribution in [-0.4, -0.2) is 24.5 Å². The quantitative estimate of drug-likeness (QED) is 0.818. The number of benzene rings is 2. The summed E-state index contributed by atoms with van der Waals surface area (Å²) >= 11 is 0. The summed E-state index contributed by atoms with van der Waals surface area (Å²) in [5.41, 5.74) is 1.83. The molecule has 1 aliphatic rings. The molecule has 1 aliphatic heterocycles. The number of hydrogen-bond donors (Lipinski definition) is 1. The van der Waals surface area contributed by atoms with Gasteiger partial charge in [-0.25, -0.2) is 4.79 Å². The average Bonchev–Trinajstić information content (AvgIpc) is 3.02. The Hall–Kier alpha value is -2.69. The first-order valence-corrected chi connectivity index (χ1v) is 7.58. The summed E-state index contributed by atoms with van der Waals surface area (Å²) in [5, 5.41) is 9.31. The Morgan fingerprint density at radius 3 is 2.74 bits per heavy atom. The monoisotopic (exact) mass is 314 g/mol. The molecule has 0 saturated carbocycles. The van der Waals surface area contributed by atoms with Gasteiger partial charge in [0.1, 0.15) is 5.75 Å². The molecule has 0 bridgehead atoms. The number of ether oxygens (including phenoxy) is 3. The molecule has 1 N–H and O–H groups in total. The minimum absolute atomic E-state index is 0.201. The van der Waals surface area contributed by atoms with Crippen molar-refractivity contribution >= 4 is 5.97 Å². The van der Waals surface area contributed by atoms with E-state index in [0.717, 1.165) is 24.0 Å². The van der Waals surface area contributed by atoms with Crippen molar-refractivity contribution in [2.45, 2.75) is 19.8 Å². The lowest BCUT2D eigenvalue weighted by atomic mass is 10.0. The molecule has 5 nitrogen and oxygen atoms in total. The molecule has 0 aliphatic carbocycles. The zero-order chi connectivity index (χ0) is 16.2. The lowest BCUT2D eigenvalue weighted by Crippen LogP contribution is -2.01. The van der Waals surface area contributed by atoms with Crippen LogP contribution in [0.15, 0.2) is 36.4 Å². The first-order chi connectivity index (χ1) is 11.2. The Labute approximate surface area is 134 Å². The summed E-state index contributed by atoms with van der Waals surface area (Å²) in [6, 6.07) is 10.6. The fourth-order valence-corrected chi connectivity index (χ4v) is 2.38.